The van der Waals surface area contributed by atoms with Crippen molar-refractivity contribution in [3.63, 3.8) is 0 Å². The molecular weight excluding hydrogens is 280 g/mol. The van der Waals surface area contributed by atoms with Gasteiger partial charge in [0, 0.05) is 46.0 Å². The molecule has 0 atom stereocenters. The van der Waals surface area contributed by atoms with Gasteiger partial charge in [0.25, 0.3) is 0 Å². The van der Waals surface area contributed by atoms with E-state index in [1.54, 1.807) is 12.5 Å². The van der Waals surface area contributed by atoms with E-state index in [0.717, 1.165) is 44.2 Å². The van der Waals surface area contributed by atoms with Gasteiger partial charge in [0.1, 0.15) is 6.33 Å². The lowest BCUT2D eigenvalue weighted by molar-refractivity contribution is 0.244. The largest absolute Gasteiger partial charge is 0.353 e. The SMILES string of the molecule is Cn1cncc1CN1CCN(c2cncc3ncnn23)CC1. The molecule has 22 heavy (non-hydrogen) atoms. The average molecular weight is 298 g/mol. The number of piperazine rings is 1. The first-order chi connectivity index (χ1) is 10.8. The smallest absolute Gasteiger partial charge is 0.175 e. The summed E-state index contributed by atoms with van der Waals surface area (Å²) in [6.45, 7) is 4.87. The minimum Gasteiger partial charge on any atom is -0.353 e. The van der Waals surface area contributed by atoms with Crippen LogP contribution in [-0.4, -0.2) is 60.2 Å². The lowest BCUT2D eigenvalue weighted by Crippen LogP contribution is -2.46. The number of aryl methyl sites for hydroxylation is 1. The van der Waals surface area contributed by atoms with Crippen LogP contribution in [0.25, 0.3) is 5.65 Å². The molecule has 0 bridgehead atoms. The second-order valence-corrected chi connectivity index (χ2v) is 5.55. The zero-order valence-electron chi connectivity index (χ0n) is 12.5. The highest BCUT2D eigenvalue weighted by molar-refractivity contribution is 5.46. The van der Waals surface area contributed by atoms with E-state index in [2.05, 4.69) is 34.4 Å². The van der Waals surface area contributed by atoms with Crippen molar-refractivity contribution in [1.82, 2.24) is 34.0 Å². The Bertz CT molecular complexity index is 768. The van der Waals surface area contributed by atoms with E-state index in [9.17, 15) is 0 Å². The predicted molar refractivity (Wildman–Crippen MR) is 81.5 cm³/mol. The summed E-state index contributed by atoms with van der Waals surface area (Å²) >= 11 is 0. The summed E-state index contributed by atoms with van der Waals surface area (Å²) in [6, 6.07) is 0. The molecule has 4 heterocycles. The van der Waals surface area contributed by atoms with Crippen molar-refractivity contribution < 1.29 is 0 Å². The lowest BCUT2D eigenvalue weighted by Gasteiger charge is -2.35. The topological polar surface area (TPSA) is 67.4 Å². The maximum absolute atomic E-state index is 4.28. The fourth-order valence-corrected chi connectivity index (χ4v) is 2.86. The van der Waals surface area contributed by atoms with E-state index in [0.29, 0.717) is 0 Å². The van der Waals surface area contributed by atoms with Crippen LogP contribution in [0.5, 0.6) is 0 Å². The van der Waals surface area contributed by atoms with Crippen LogP contribution in [0, 0.1) is 0 Å². The van der Waals surface area contributed by atoms with Crippen LogP contribution in [-0.2, 0) is 13.6 Å². The lowest BCUT2D eigenvalue weighted by atomic mass is 10.3. The fraction of sp³-hybridized carbons (Fsp3) is 0.429. The molecule has 3 aromatic heterocycles. The zero-order valence-corrected chi connectivity index (χ0v) is 12.5. The zero-order chi connectivity index (χ0) is 14.9. The molecule has 4 rings (SSSR count). The van der Waals surface area contributed by atoms with Crippen LogP contribution in [0.1, 0.15) is 5.69 Å². The quantitative estimate of drug-likeness (QED) is 0.687. The molecule has 0 radical (unpaired) electrons. The van der Waals surface area contributed by atoms with Crippen molar-refractivity contribution in [2.24, 2.45) is 7.05 Å². The Morgan fingerprint density at radius 1 is 1.05 bits per heavy atom. The van der Waals surface area contributed by atoms with E-state index >= 15 is 0 Å². The Morgan fingerprint density at radius 2 is 1.91 bits per heavy atom. The van der Waals surface area contributed by atoms with Gasteiger partial charge in [-0.2, -0.15) is 9.61 Å². The number of hydrogen-bond acceptors (Lipinski definition) is 6. The summed E-state index contributed by atoms with van der Waals surface area (Å²) in [4.78, 5) is 17.4. The summed E-state index contributed by atoms with van der Waals surface area (Å²) in [7, 11) is 2.04. The van der Waals surface area contributed by atoms with Gasteiger partial charge in [-0.15, -0.1) is 0 Å². The minimum absolute atomic E-state index is 0.787. The number of anilines is 1. The summed E-state index contributed by atoms with van der Waals surface area (Å²) < 4.78 is 3.93. The summed E-state index contributed by atoms with van der Waals surface area (Å²) in [5.41, 5.74) is 2.03. The average Bonchev–Trinajstić information content (AvgIpc) is 3.17. The molecule has 1 saturated heterocycles. The molecule has 0 N–H and O–H groups in total. The first-order valence-electron chi connectivity index (χ1n) is 7.37. The Hall–Kier alpha value is -2.48. The van der Waals surface area contributed by atoms with Crippen LogP contribution in [0.4, 0.5) is 5.82 Å². The standard InChI is InChI=1S/C14H18N8/c1-19-11-16-6-12(19)9-20-2-4-21(5-3-20)14-8-15-7-13-17-10-18-22(13)14/h6-8,10-11H,2-5,9H2,1H3. The molecule has 0 saturated carbocycles. The number of fused-ring (bicyclic) bond motifs is 1. The Balaban J connectivity index is 1.46. The summed E-state index contributed by atoms with van der Waals surface area (Å²) in [5.74, 6) is 1.01. The van der Waals surface area contributed by atoms with Crippen LogP contribution >= 0.6 is 0 Å². The highest BCUT2D eigenvalue weighted by Gasteiger charge is 2.20. The highest BCUT2D eigenvalue weighted by Crippen LogP contribution is 2.16. The number of imidazole rings is 1. The van der Waals surface area contributed by atoms with Gasteiger partial charge in [0.05, 0.1) is 24.4 Å². The van der Waals surface area contributed by atoms with E-state index < -0.39 is 0 Å². The maximum atomic E-state index is 4.28. The van der Waals surface area contributed by atoms with Crippen molar-refractivity contribution in [2.45, 2.75) is 6.54 Å². The molecule has 1 aliphatic rings. The van der Waals surface area contributed by atoms with Gasteiger partial charge >= 0.3 is 0 Å². The van der Waals surface area contributed by atoms with Crippen molar-refractivity contribution in [1.29, 1.82) is 0 Å². The highest BCUT2D eigenvalue weighted by atomic mass is 15.4. The molecule has 0 aliphatic carbocycles. The number of nitrogens with zero attached hydrogens (tertiary/aromatic N) is 8. The van der Waals surface area contributed by atoms with Crippen molar-refractivity contribution in [2.75, 3.05) is 31.1 Å². The summed E-state index contributed by atoms with van der Waals surface area (Å²) in [5, 5.41) is 4.28. The molecular formula is C14H18N8. The summed E-state index contributed by atoms with van der Waals surface area (Å²) in [6.07, 6.45) is 8.95. The Morgan fingerprint density at radius 3 is 2.68 bits per heavy atom. The van der Waals surface area contributed by atoms with Crippen LogP contribution in [0.15, 0.2) is 31.2 Å². The molecule has 0 amide bonds. The third kappa shape index (κ3) is 2.31. The third-order valence-electron chi connectivity index (χ3n) is 4.17. The minimum atomic E-state index is 0.787. The first-order valence-corrected chi connectivity index (χ1v) is 7.37. The molecule has 3 aromatic rings. The second kappa shape index (κ2) is 5.38. The molecule has 8 nitrogen and oxygen atoms in total. The van der Waals surface area contributed by atoms with Gasteiger partial charge in [-0.1, -0.05) is 0 Å². The maximum Gasteiger partial charge on any atom is 0.175 e. The van der Waals surface area contributed by atoms with E-state index in [1.165, 1.54) is 5.69 Å². The van der Waals surface area contributed by atoms with Crippen LogP contribution < -0.4 is 4.90 Å². The first kappa shape index (κ1) is 13.2. The van der Waals surface area contributed by atoms with Crippen molar-refractivity contribution >= 4 is 11.5 Å². The van der Waals surface area contributed by atoms with Gasteiger partial charge in [-0.3, -0.25) is 9.88 Å². The fourth-order valence-electron chi connectivity index (χ4n) is 2.86. The molecule has 1 aliphatic heterocycles. The van der Waals surface area contributed by atoms with Gasteiger partial charge < -0.3 is 9.47 Å². The van der Waals surface area contributed by atoms with Gasteiger partial charge in [-0.05, 0) is 0 Å². The normalized spacial score (nSPS) is 16.5. The van der Waals surface area contributed by atoms with Gasteiger partial charge in [-0.25, -0.2) is 9.97 Å². The monoisotopic (exact) mass is 298 g/mol. The van der Waals surface area contributed by atoms with Crippen molar-refractivity contribution in [3.05, 3.63) is 36.9 Å². The van der Waals surface area contributed by atoms with Crippen LogP contribution in [0.3, 0.4) is 0 Å². The van der Waals surface area contributed by atoms with Gasteiger partial charge in [0.15, 0.2) is 11.5 Å². The molecule has 0 spiro atoms. The Kier molecular flexibility index (Phi) is 3.23. The molecule has 8 heteroatoms. The Labute approximate surface area is 128 Å². The molecule has 0 unspecified atom stereocenters. The number of hydrogen-bond donors (Lipinski definition) is 0. The molecule has 0 aromatic carbocycles. The van der Waals surface area contributed by atoms with Gasteiger partial charge in [0.2, 0.25) is 0 Å². The predicted octanol–water partition coefficient (Wildman–Crippen LogP) is 0.180. The van der Waals surface area contributed by atoms with Crippen molar-refractivity contribution in [3.8, 4) is 0 Å². The molecule has 114 valence electrons. The molecule has 1 fully saturated rings. The van der Waals surface area contributed by atoms with E-state index in [4.69, 9.17) is 0 Å². The second-order valence-electron chi connectivity index (χ2n) is 5.55. The van der Waals surface area contributed by atoms with Crippen LogP contribution in [0.2, 0.25) is 0 Å². The number of aromatic nitrogens is 6. The number of rotatable bonds is 3. The van der Waals surface area contributed by atoms with E-state index in [1.807, 2.05) is 30.3 Å². The third-order valence-corrected chi connectivity index (χ3v) is 4.17. The van der Waals surface area contributed by atoms with E-state index in [-0.39, 0.29) is 0 Å².